The van der Waals surface area contributed by atoms with E-state index >= 15 is 0 Å². The Bertz CT molecular complexity index is 1030. The first kappa shape index (κ1) is 21.9. The summed E-state index contributed by atoms with van der Waals surface area (Å²) in [5.41, 5.74) is 3.23. The largest absolute Gasteiger partial charge is 0.493 e. The summed E-state index contributed by atoms with van der Waals surface area (Å²) in [6.45, 7) is 0.348. The van der Waals surface area contributed by atoms with Crippen molar-refractivity contribution in [3.05, 3.63) is 59.2 Å². The van der Waals surface area contributed by atoms with Crippen LogP contribution in [0.5, 0.6) is 11.5 Å². The quantitative estimate of drug-likeness (QED) is 0.639. The number of nitrogens with zero attached hydrogens (tertiary/aromatic N) is 2. The molecule has 32 heavy (non-hydrogen) atoms. The fraction of sp³-hybridized carbons (Fsp3) is 0.400. The molecule has 0 radical (unpaired) electrons. The average molecular weight is 437 g/mol. The summed E-state index contributed by atoms with van der Waals surface area (Å²) < 4.78 is 15.6. The molecule has 2 aromatic rings. The summed E-state index contributed by atoms with van der Waals surface area (Å²) in [5.74, 6) is 1.01. The number of amides is 1. The van der Waals surface area contributed by atoms with E-state index < -0.39 is 0 Å². The van der Waals surface area contributed by atoms with E-state index in [1.54, 1.807) is 31.4 Å². The number of hydrogen-bond donors (Lipinski definition) is 0. The van der Waals surface area contributed by atoms with Gasteiger partial charge in [-0.1, -0.05) is 25.0 Å². The fourth-order valence-electron chi connectivity index (χ4n) is 4.62. The predicted octanol–water partition coefficient (Wildman–Crippen LogP) is 4.04. The van der Waals surface area contributed by atoms with Crippen molar-refractivity contribution in [2.24, 2.45) is 16.9 Å². The second-order valence-electron chi connectivity index (χ2n) is 8.14. The van der Waals surface area contributed by atoms with E-state index in [-0.39, 0.29) is 23.7 Å². The number of fused-ring (bicyclic) bond motifs is 1. The van der Waals surface area contributed by atoms with Gasteiger partial charge in [-0.3, -0.25) is 4.79 Å². The Kier molecular flexibility index (Phi) is 6.44. The molecule has 2 aromatic carbocycles. The molecule has 2 atom stereocenters. The van der Waals surface area contributed by atoms with Crippen LogP contribution in [0.4, 0.5) is 0 Å². The van der Waals surface area contributed by atoms with Crippen LogP contribution in [0.1, 0.15) is 47.2 Å². The van der Waals surface area contributed by atoms with Crippen LogP contribution < -0.4 is 9.47 Å². The van der Waals surface area contributed by atoms with Crippen LogP contribution in [0.2, 0.25) is 0 Å². The van der Waals surface area contributed by atoms with Gasteiger partial charge in [0, 0.05) is 17.4 Å². The van der Waals surface area contributed by atoms with Gasteiger partial charge in [0.2, 0.25) is 5.91 Å². The van der Waals surface area contributed by atoms with Gasteiger partial charge in [0.15, 0.2) is 11.5 Å². The summed E-state index contributed by atoms with van der Waals surface area (Å²) >= 11 is 0. The first-order valence-corrected chi connectivity index (χ1v) is 10.8. The lowest BCUT2D eigenvalue weighted by molar-refractivity contribution is -0.139. The van der Waals surface area contributed by atoms with Crippen molar-refractivity contribution in [1.29, 1.82) is 0 Å². The molecule has 0 saturated heterocycles. The van der Waals surface area contributed by atoms with Crippen LogP contribution in [0.3, 0.4) is 0 Å². The Morgan fingerprint density at radius 3 is 2.31 bits per heavy atom. The number of esters is 1. The molecule has 168 valence electrons. The second kappa shape index (κ2) is 9.42. The Morgan fingerprint density at radius 1 is 0.969 bits per heavy atom. The van der Waals surface area contributed by atoms with Crippen LogP contribution in [0, 0.1) is 11.8 Å². The maximum atomic E-state index is 13.3. The summed E-state index contributed by atoms with van der Waals surface area (Å²) in [4.78, 5) is 25.0. The molecule has 1 heterocycles. The maximum absolute atomic E-state index is 13.3. The average Bonchev–Trinajstić information content (AvgIpc) is 2.85. The van der Waals surface area contributed by atoms with Gasteiger partial charge in [0.25, 0.3) is 0 Å². The van der Waals surface area contributed by atoms with Crippen LogP contribution >= 0.6 is 0 Å². The van der Waals surface area contributed by atoms with Crippen molar-refractivity contribution in [3.8, 4) is 11.5 Å². The molecule has 4 rings (SSSR count). The second-order valence-corrected chi connectivity index (χ2v) is 8.14. The molecule has 1 saturated carbocycles. The zero-order chi connectivity index (χ0) is 22.7. The maximum Gasteiger partial charge on any atom is 0.337 e. The van der Waals surface area contributed by atoms with E-state index in [0.29, 0.717) is 23.6 Å². The van der Waals surface area contributed by atoms with Crippen molar-refractivity contribution >= 4 is 17.6 Å². The highest BCUT2D eigenvalue weighted by Crippen LogP contribution is 2.39. The first-order valence-electron chi connectivity index (χ1n) is 10.8. The van der Waals surface area contributed by atoms with E-state index in [0.717, 1.165) is 42.5 Å². The highest BCUT2D eigenvalue weighted by molar-refractivity contribution is 6.07. The Balaban J connectivity index is 1.67. The van der Waals surface area contributed by atoms with Gasteiger partial charge < -0.3 is 14.2 Å². The molecule has 7 heteroatoms. The van der Waals surface area contributed by atoms with Gasteiger partial charge in [-0.05, 0) is 48.7 Å². The molecule has 0 N–H and O–H groups in total. The Labute approximate surface area is 188 Å². The lowest BCUT2D eigenvalue weighted by Crippen LogP contribution is -2.45. The van der Waals surface area contributed by atoms with Crippen molar-refractivity contribution < 1.29 is 23.8 Å². The van der Waals surface area contributed by atoms with Crippen LogP contribution in [-0.2, 0) is 16.1 Å². The molecule has 1 amide bonds. The predicted molar refractivity (Wildman–Crippen MR) is 120 cm³/mol. The summed E-state index contributed by atoms with van der Waals surface area (Å²) in [7, 11) is 4.58. The monoisotopic (exact) mass is 436 g/mol. The molecular weight excluding hydrogens is 408 g/mol. The van der Waals surface area contributed by atoms with Crippen molar-refractivity contribution in [2.75, 3.05) is 21.3 Å². The highest BCUT2D eigenvalue weighted by Gasteiger charge is 2.41. The Hall–Kier alpha value is -3.35. The molecular formula is C25H28N2O5. The third kappa shape index (κ3) is 4.20. The minimum absolute atomic E-state index is 0.0657. The molecule has 0 bridgehead atoms. The SMILES string of the molecule is COC(=O)c1ccc(CN2N=C(c3ccc(OC)c(OC)c3)[C@H]3CCCC[C@H]3C2=O)cc1. The number of methoxy groups -OCH3 is 3. The summed E-state index contributed by atoms with van der Waals surface area (Å²) in [6.07, 6.45) is 3.96. The van der Waals surface area contributed by atoms with Gasteiger partial charge in [-0.2, -0.15) is 5.10 Å². The standard InChI is InChI=1S/C25H28N2O5/c1-30-21-13-12-18(14-22(21)31-2)23-19-6-4-5-7-20(19)24(28)27(26-23)15-16-8-10-17(11-9-16)25(29)32-3/h8-14,19-20H,4-7,15H2,1-3H3/t19-,20+/m0/s1. The van der Waals surface area contributed by atoms with E-state index in [4.69, 9.17) is 19.3 Å². The number of carbonyl (C=O) groups is 2. The fourth-order valence-corrected chi connectivity index (χ4v) is 4.62. The van der Waals surface area contributed by atoms with E-state index in [9.17, 15) is 9.59 Å². The third-order valence-corrected chi connectivity index (χ3v) is 6.30. The normalized spacial score (nSPS) is 20.3. The van der Waals surface area contributed by atoms with Gasteiger partial charge >= 0.3 is 5.97 Å². The van der Waals surface area contributed by atoms with E-state index in [2.05, 4.69) is 0 Å². The van der Waals surface area contributed by atoms with Crippen molar-refractivity contribution in [3.63, 3.8) is 0 Å². The van der Waals surface area contributed by atoms with Crippen molar-refractivity contribution in [1.82, 2.24) is 5.01 Å². The third-order valence-electron chi connectivity index (χ3n) is 6.30. The van der Waals surface area contributed by atoms with E-state index in [1.165, 1.54) is 7.11 Å². The molecule has 0 spiro atoms. The number of benzene rings is 2. The lowest BCUT2D eigenvalue weighted by atomic mass is 9.73. The number of ether oxygens (including phenoxy) is 3. The number of carbonyl (C=O) groups excluding carboxylic acids is 2. The minimum Gasteiger partial charge on any atom is -0.493 e. The number of rotatable bonds is 6. The van der Waals surface area contributed by atoms with Crippen LogP contribution in [0.25, 0.3) is 0 Å². The molecule has 0 aromatic heterocycles. The molecule has 7 nitrogen and oxygen atoms in total. The number of hydrazone groups is 1. The van der Waals surface area contributed by atoms with Gasteiger partial charge in [-0.15, -0.1) is 0 Å². The van der Waals surface area contributed by atoms with Crippen LogP contribution in [-0.4, -0.2) is 43.9 Å². The van der Waals surface area contributed by atoms with Crippen LogP contribution in [0.15, 0.2) is 47.6 Å². The van der Waals surface area contributed by atoms with E-state index in [1.807, 2.05) is 30.3 Å². The zero-order valence-electron chi connectivity index (χ0n) is 18.7. The minimum atomic E-state index is -0.385. The Morgan fingerprint density at radius 2 is 1.66 bits per heavy atom. The summed E-state index contributed by atoms with van der Waals surface area (Å²) in [6, 6.07) is 12.9. The van der Waals surface area contributed by atoms with Crippen molar-refractivity contribution in [2.45, 2.75) is 32.2 Å². The number of hydrogen-bond acceptors (Lipinski definition) is 6. The molecule has 1 fully saturated rings. The zero-order valence-corrected chi connectivity index (χ0v) is 18.7. The molecule has 0 unspecified atom stereocenters. The van der Waals surface area contributed by atoms with Gasteiger partial charge in [0.1, 0.15) is 0 Å². The summed E-state index contributed by atoms with van der Waals surface area (Å²) in [5, 5.41) is 6.40. The topological polar surface area (TPSA) is 77.4 Å². The highest BCUT2D eigenvalue weighted by atomic mass is 16.5. The molecule has 1 aliphatic heterocycles. The van der Waals surface area contributed by atoms with Gasteiger partial charge in [0.05, 0.1) is 39.1 Å². The first-order chi connectivity index (χ1) is 15.5. The molecule has 2 aliphatic rings. The lowest BCUT2D eigenvalue weighted by Gasteiger charge is -2.38. The molecule has 1 aliphatic carbocycles. The smallest absolute Gasteiger partial charge is 0.337 e. The van der Waals surface area contributed by atoms with Gasteiger partial charge in [-0.25, -0.2) is 9.80 Å².